The molecule has 0 unspecified atom stereocenters. The van der Waals surface area contributed by atoms with Gasteiger partial charge in [0.25, 0.3) is 0 Å². The molecular weight excluding hydrogens is 330 g/mol. The Morgan fingerprint density at radius 2 is 2.08 bits per heavy atom. The summed E-state index contributed by atoms with van der Waals surface area (Å²) in [6.07, 6.45) is 5.19. The summed E-state index contributed by atoms with van der Waals surface area (Å²) in [5.74, 6) is 2.14. The van der Waals surface area contributed by atoms with Crippen molar-refractivity contribution in [2.75, 3.05) is 20.2 Å². The first-order valence-corrected chi connectivity index (χ1v) is 8.57. The normalized spacial score (nSPS) is 16.3. The van der Waals surface area contributed by atoms with E-state index in [1.807, 2.05) is 17.9 Å². The van der Waals surface area contributed by atoms with E-state index in [0.29, 0.717) is 23.2 Å². The highest BCUT2D eigenvalue weighted by molar-refractivity contribution is 6.03. The number of hydrogen-bond donors (Lipinski definition) is 2. The standard InChI is InChI=1S/C19H27N5O2/c1-13(2)23-17(20)11-14(3)19(21)24-9-7-15(8-10-24)26-16-5-6-18(25-4)22-12-16/h5-6,11-12,15,21H,1,7-10H2,2-4H3,(H2,20,23)/b14-11-,21-19?. The van der Waals surface area contributed by atoms with Gasteiger partial charge in [-0.15, -0.1) is 0 Å². The number of hydrogen-bond acceptors (Lipinski definition) is 5. The van der Waals surface area contributed by atoms with E-state index in [4.69, 9.17) is 20.6 Å². The van der Waals surface area contributed by atoms with Gasteiger partial charge in [-0.05, 0) is 31.6 Å². The minimum Gasteiger partial charge on any atom is -0.489 e. The predicted molar refractivity (Wildman–Crippen MR) is 104 cm³/mol. The molecule has 2 rings (SSSR count). The molecule has 0 radical (unpaired) electrons. The predicted octanol–water partition coefficient (Wildman–Crippen LogP) is 2.75. The van der Waals surface area contributed by atoms with Gasteiger partial charge in [0, 0.05) is 37.7 Å². The van der Waals surface area contributed by atoms with Crippen LogP contribution in [0.1, 0.15) is 26.7 Å². The summed E-state index contributed by atoms with van der Waals surface area (Å²) in [5.41, 5.74) is 7.26. The molecule has 140 valence electrons. The highest BCUT2D eigenvalue weighted by atomic mass is 16.5. The smallest absolute Gasteiger partial charge is 0.213 e. The molecule has 7 nitrogen and oxygen atoms in total. The number of piperidine rings is 1. The van der Waals surface area contributed by atoms with Crippen molar-refractivity contribution in [2.45, 2.75) is 32.8 Å². The van der Waals surface area contributed by atoms with Crippen molar-refractivity contribution >= 4 is 11.7 Å². The molecule has 7 heteroatoms. The van der Waals surface area contributed by atoms with E-state index in [0.717, 1.165) is 37.3 Å². The van der Waals surface area contributed by atoms with Crippen LogP contribution in [0.5, 0.6) is 11.6 Å². The zero-order valence-corrected chi connectivity index (χ0v) is 15.7. The summed E-state index contributed by atoms with van der Waals surface area (Å²) < 4.78 is 11.0. The Hall–Kier alpha value is -2.83. The lowest BCUT2D eigenvalue weighted by molar-refractivity contribution is 0.130. The lowest BCUT2D eigenvalue weighted by Gasteiger charge is -2.34. The monoisotopic (exact) mass is 357 g/mol. The number of aromatic nitrogens is 1. The minimum atomic E-state index is 0.119. The molecule has 3 N–H and O–H groups in total. The third kappa shape index (κ3) is 5.61. The highest BCUT2D eigenvalue weighted by Crippen LogP contribution is 2.21. The van der Waals surface area contributed by atoms with Gasteiger partial charge in [0.05, 0.1) is 13.3 Å². The van der Waals surface area contributed by atoms with Crippen LogP contribution in [0.2, 0.25) is 0 Å². The fourth-order valence-corrected chi connectivity index (χ4v) is 2.74. The van der Waals surface area contributed by atoms with Crippen LogP contribution in [0.4, 0.5) is 0 Å². The second-order valence-electron chi connectivity index (χ2n) is 6.29. The number of methoxy groups -OCH3 is 1. The van der Waals surface area contributed by atoms with E-state index in [9.17, 15) is 0 Å². The number of ether oxygens (including phenoxy) is 2. The quantitative estimate of drug-likeness (QED) is 0.603. The first-order valence-electron chi connectivity index (χ1n) is 8.57. The molecule has 0 atom stereocenters. The largest absolute Gasteiger partial charge is 0.489 e. The van der Waals surface area contributed by atoms with E-state index >= 15 is 0 Å². The highest BCUT2D eigenvalue weighted by Gasteiger charge is 2.23. The number of allylic oxidation sites excluding steroid dienone is 1. The SMILES string of the molecule is C=C(C)N=C(N)/C=C(/C)C(=N)N1CCC(Oc2ccc(OC)nc2)CC1. The van der Waals surface area contributed by atoms with E-state index in [1.165, 1.54) is 0 Å². The van der Waals surface area contributed by atoms with Crippen LogP contribution in [-0.4, -0.2) is 47.9 Å². The molecule has 1 aliphatic rings. The zero-order chi connectivity index (χ0) is 19.1. The maximum atomic E-state index is 8.36. The third-order valence-electron chi connectivity index (χ3n) is 4.04. The van der Waals surface area contributed by atoms with Crippen LogP contribution in [0.25, 0.3) is 0 Å². The fraction of sp³-hybridized carbons (Fsp3) is 0.421. The number of pyridine rings is 1. The van der Waals surface area contributed by atoms with Crippen LogP contribution in [-0.2, 0) is 0 Å². The summed E-state index contributed by atoms with van der Waals surface area (Å²) in [5, 5.41) is 8.36. The Morgan fingerprint density at radius 1 is 1.38 bits per heavy atom. The number of nitrogens with two attached hydrogens (primary N) is 1. The summed E-state index contributed by atoms with van der Waals surface area (Å²) >= 11 is 0. The lowest BCUT2D eigenvalue weighted by Crippen LogP contribution is -2.42. The van der Waals surface area contributed by atoms with Gasteiger partial charge in [-0.1, -0.05) is 6.58 Å². The van der Waals surface area contributed by atoms with Gasteiger partial charge in [-0.3, -0.25) is 5.41 Å². The number of nitrogens with one attached hydrogen (secondary N) is 1. The van der Waals surface area contributed by atoms with Crippen LogP contribution in [0.3, 0.4) is 0 Å². The summed E-state index contributed by atoms with van der Waals surface area (Å²) in [6.45, 7) is 8.87. The molecule has 0 saturated carbocycles. The maximum absolute atomic E-state index is 8.36. The fourth-order valence-electron chi connectivity index (χ4n) is 2.74. The number of amidine groups is 2. The van der Waals surface area contributed by atoms with Gasteiger partial charge in [-0.2, -0.15) is 0 Å². The van der Waals surface area contributed by atoms with E-state index in [2.05, 4.69) is 16.6 Å². The molecule has 1 aliphatic heterocycles. The van der Waals surface area contributed by atoms with Gasteiger partial charge in [0.2, 0.25) is 5.88 Å². The molecule has 0 aliphatic carbocycles. The molecule has 26 heavy (non-hydrogen) atoms. The van der Waals surface area contributed by atoms with Crippen molar-refractivity contribution in [1.29, 1.82) is 5.41 Å². The first kappa shape index (κ1) is 19.5. The summed E-state index contributed by atoms with van der Waals surface area (Å²) in [4.78, 5) is 10.3. The molecular formula is C19H27N5O2. The second kappa shape index (κ2) is 9.03. The topological polar surface area (TPSA) is 96.8 Å². The van der Waals surface area contributed by atoms with Crippen LogP contribution in [0, 0.1) is 5.41 Å². The van der Waals surface area contributed by atoms with Gasteiger partial charge < -0.3 is 20.1 Å². The first-order chi connectivity index (χ1) is 12.4. The number of aliphatic imine (C=N–C) groups is 1. The number of rotatable bonds is 6. The van der Waals surface area contributed by atoms with Gasteiger partial charge in [0.1, 0.15) is 23.5 Å². The van der Waals surface area contributed by atoms with Crippen LogP contribution >= 0.6 is 0 Å². The number of likely N-dealkylation sites (tertiary alicyclic amines) is 1. The van der Waals surface area contributed by atoms with Crippen molar-refractivity contribution < 1.29 is 9.47 Å². The average molecular weight is 357 g/mol. The Morgan fingerprint density at radius 3 is 2.62 bits per heavy atom. The van der Waals surface area contributed by atoms with Gasteiger partial charge in [0.15, 0.2) is 0 Å². The third-order valence-corrected chi connectivity index (χ3v) is 4.04. The van der Waals surface area contributed by atoms with Crippen molar-refractivity contribution in [3.05, 3.63) is 42.3 Å². The summed E-state index contributed by atoms with van der Waals surface area (Å²) in [6, 6.07) is 3.64. The molecule has 1 fully saturated rings. The zero-order valence-electron chi connectivity index (χ0n) is 15.7. The average Bonchev–Trinajstić information content (AvgIpc) is 2.61. The Balaban J connectivity index is 1.87. The molecule has 1 aromatic heterocycles. The van der Waals surface area contributed by atoms with E-state index < -0.39 is 0 Å². The molecule has 0 amide bonds. The molecule has 0 aromatic carbocycles. The van der Waals surface area contributed by atoms with E-state index in [-0.39, 0.29) is 6.10 Å². The van der Waals surface area contributed by atoms with Crippen molar-refractivity contribution in [2.24, 2.45) is 10.7 Å². The molecule has 1 aromatic rings. The molecule has 1 saturated heterocycles. The lowest BCUT2D eigenvalue weighted by atomic mass is 10.1. The molecule has 0 bridgehead atoms. The van der Waals surface area contributed by atoms with E-state index in [1.54, 1.807) is 32.4 Å². The minimum absolute atomic E-state index is 0.119. The Kier molecular flexibility index (Phi) is 6.77. The second-order valence-corrected chi connectivity index (χ2v) is 6.29. The van der Waals surface area contributed by atoms with Gasteiger partial charge in [-0.25, -0.2) is 9.98 Å². The Labute approximate surface area is 154 Å². The summed E-state index contributed by atoms with van der Waals surface area (Å²) in [7, 11) is 1.59. The number of nitrogens with zero attached hydrogens (tertiary/aromatic N) is 3. The van der Waals surface area contributed by atoms with Crippen LogP contribution < -0.4 is 15.2 Å². The van der Waals surface area contributed by atoms with Gasteiger partial charge >= 0.3 is 0 Å². The molecule has 2 heterocycles. The molecule has 0 spiro atoms. The Bertz CT molecular complexity index is 701. The van der Waals surface area contributed by atoms with Crippen LogP contribution in [0.15, 0.2) is 47.2 Å². The van der Waals surface area contributed by atoms with Crippen molar-refractivity contribution in [1.82, 2.24) is 9.88 Å². The van der Waals surface area contributed by atoms with Crippen molar-refractivity contribution in [3.8, 4) is 11.6 Å². The maximum Gasteiger partial charge on any atom is 0.213 e. The van der Waals surface area contributed by atoms with Crippen molar-refractivity contribution in [3.63, 3.8) is 0 Å².